The molecule has 3 unspecified atom stereocenters. The van der Waals surface area contributed by atoms with Gasteiger partial charge in [-0.25, -0.2) is 5.43 Å². The van der Waals surface area contributed by atoms with Crippen LogP contribution in [-0.4, -0.2) is 29.7 Å². The van der Waals surface area contributed by atoms with Crippen molar-refractivity contribution in [2.24, 2.45) is 5.92 Å². The Morgan fingerprint density at radius 1 is 1.22 bits per heavy atom. The van der Waals surface area contributed by atoms with Crippen molar-refractivity contribution in [1.29, 1.82) is 0 Å². The number of likely N-dealkylation sites (tertiary alicyclic amines) is 1. The Labute approximate surface area is 162 Å². The molecule has 146 valence electrons. The van der Waals surface area contributed by atoms with E-state index in [4.69, 9.17) is 4.52 Å². The molecule has 2 N–H and O–H groups in total. The summed E-state index contributed by atoms with van der Waals surface area (Å²) < 4.78 is 5.57. The van der Waals surface area contributed by atoms with Gasteiger partial charge in [0, 0.05) is 31.0 Å². The SMILES string of the molecule is Cc1ccc(C2NNCC2CN2CCCC2c2cc(C(C)C)on2)cc1C. The van der Waals surface area contributed by atoms with Crippen molar-refractivity contribution in [2.45, 2.75) is 58.5 Å². The van der Waals surface area contributed by atoms with E-state index in [1.807, 2.05) is 0 Å². The molecule has 4 rings (SSSR count). The normalized spacial score (nSPS) is 26.3. The van der Waals surface area contributed by atoms with Gasteiger partial charge in [0.15, 0.2) is 0 Å². The Morgan fingerprint density at radius 2 is 2.07 bits per heavy atom. The maximum Gasteiger partial charge on any atom is 0.139 e. The predicted molar refractivity (Wildman–Crippen MR) is 107 cm³/mol. The average molecular weight is 369 g/mol. The van der Waals surface area contributed by atoms with Crippen molar-refractivity contribution < 1.29 is 4.52 Å². The van der Waals surface area contributed by atoms with E-state index in [0.717, 1.165) is 31.1 Å². The first-order chi connectivity index (χ1) is 13.0. The first kappa shape index (κ1) is 18.7. The standard InChI is InChI=1S/C22H32N4O/c1-14(2)21-11-19(25-27-21)20-6-5-9-26(20)13-18-12-23-24-22(18)17-8-7-15(3)16(4)10-17/h7-8,10-11,14,18,20,22-24H,5-6,9,12-13H2,1-4H3. The largest absolute Gasteiger partial charge is 0.361 e. The van der Waals surface area contributed by atoms with Gasteiger partial charge in [0.25, 0.3) is 0 Å². The molecule has 5 nitrogen and oxygen atoms in total. The molecule has 0 radical (unpaired) electrons. The van der Waals surface area contributed by atoms with Gasteiger partial charge in [0.2, 0.25) is 0 Å². The summed E-state index contributed by atoms with van der Waals surface area (Å²) in [5.74, 6) is 1.93. The summed E-state index contributed by atoms with van der Waals surface area (Å²) in [5, 5.41) is 4.39. The van der Waals surface area contributed by atoms with E-state index in [9.17, 15) is 0 Å². The third-order valence-corrected chi connectivity index (χ3v) is 6.27. The van der Waals surface area contributed by atoms with Crippen LogP contribution in [0.25, 0.3) is 0 Å². The maximum atomic E-state index is 5.57. The van der Waals surface area contributed by atoms with Gasteiger partial charge in [-0.2, -0.15) is 0 Å². The van der Waals surface area contributed by atoms with Crippen LogP contribution in [-0.2, 0) is 0 Å². The molecule has 5 heteroatoms. The average Bonchev–Trinajstić information content (AvgIpc) is 3.37. The summed E-state index contributed by atoms with van der Waals surface area (Å²) >= 11 is 0. The van der Waals surface area contributed by atoms with Gasteiger partial charge in [0.05, 0.1) is 12.1 Å². The van der Waals surface area contributed by atoms with Gasteiger partial charge in [-0.1, -0.05) is 37.2 Å². The van der Waals surface area contributed by atoms with Crippen molar-refractivity contribution in [3.05, 3.63) is 52.4 Å². The smallest absolute Gasteiger partial charge is 0.139 e. The summed E-state index contributed by atoms with van der Waals surface area (Å²) in [6.45, 7) is 11.9. The van der Waals surface area contributed by atoms with Gasteiger partial charge in [0.1, 0.15) is 11.5 Å². The molecule has 0 aliphatic carbocycles. The highest BCUT2D eigenvalue weighted by Crippen LogP contribution is 2.35. The second-order valence-electron chi connectivity index (χ2n) is 8.57. The Balaban J connectivity index is 1.48. The Hall–Kier alpha value is -1.69. The van der Waals surface area contributed by atoms with E-state index >= 15 is 0 Å². The fourth-order valence-corrected chi connectivity index (χ4v) is 4.43. The van der Waals surface area contributed by atoms with Crippen LogP contribution in [0.3, 0.4) is 0 Å². The van der Waals surface area contributed by atoms with E-state index in [1.165, 1.54) is 29.5 Å². The van der Waals surface area contributed by atoms with Gasteiger partial charge >= 0.3 is 0 Å². The second-order valence-corrected chi connectivity index (χ2v) is 8.57. The number of nitrogens with one attached hydrogen (secondary N) is 2. The van der Waals surface area contributed by atoms with Crippen molar-refractivity contribution >= 4 is 0 Å². The molecule has 2 aliphatic heterocycles. The van der Waals surface area contributed by atoms with Crippen molar-refractivity contribution in [2.75, 3.05) is 19.6 Å². The number of rotatable bonds is 5. The Morgan fingerprint density at radius 3 is 2.81 bits per heavy atom. The van der Waals surface area contributed by atoms with Crippen LogP contribution in [0.2, 0.25) is 0 Å². The lowest BCUT2D eigenvalue weighted by atomic mass is 9.92. The molecule has 0 spiro atoms. The second kappa shape index (κ2) is 7.74. The molecule has 1 aromatic heterocycles. The monoisotopic (exact) mass is 368 g/mol. The first-order valence-electron chi connectivity index (χ1n) is 10.3. The van der Waals surface area contributed by atoms with E-state index in [0.29, 0.717) is 23.9 Å². The number of hydrogen-bond acceptors (Lipinski definition) is 5. The summed E-state index contributed by atoms with van der Waals surface area (Å²) in [5.41, 5.74) is 12.1. The zero-order valence-electron chi connectivity index (χ0n) is 17.0. The molecular weight excluding hydrogens is 336 g/mol. The summed E-state index contributed by atoms with van der Waals surface area (Å²) in [6, 6.07) is 9.76. The summed E-state index contributed by atoms with van der Waals surface area (Å²) in [7, 11) is 0. The number of aryl methyl sites for hydroxylation is 2. The van der Waals surface area contributed by atoms with Crippen LogP contribution in [0.15, 0.2) is 28.8 Å². The highest BCUT2D eigenvalue weighted by molar-refractivity contribution is 5.32. The molecule has 3 heterocycles. The van der Waals surface area contributed by atoms with Crippen molar-refractivity contribution in [1.82, 2.24) is 20.9 Å². The number of hydrazine groups is 1. The molecule has 2 saturated heterocycles. The fraction of sp³-hybridized carbons (Fsp3) is 0.591. The van der Waals surface area contributed by atoms with Crippen LogP contribution in [0.4, 0.5) is 0 Å². The predicted octanol–water partition coefficient (Wildman–Crippen LogP) is 4.02. The lowest BCUT2D eigenvalue weighted by Gasteiger charge is -2.28. The zero-order chi connectivity index (χ0) is 19.0. The Bertz CT molecular complexity index is 784. The highest BCUT2D eigenvalue weighted by atomic mass is 16.5. The van der Waals surface area contributed by atoms with E-state index < -0.39 is 0 Å². The van der Waals surface area contributed by atoms with Crippen LogP contribution in [0, 0.1) is 19.8 Å². The van der Waals surface area contributed by atoms with Gasteiger partial charge in [-0.05, 0) is 49.9 Å². The number of benzene rings is 1. The zero-order valence-corrected chi connectivity index (χ0v) is 17.0. The Kier molecular flexibility index (Phi) is 5.35. The minimum absolute atomic E-state index is 0.356. The summed E-state index contributed by atoms with van der Waals surface area (Å²) in [4.78, 5) is 2.61. The van der Waals surface area contributed by atoms with Crippen LogP contribution < -0.4 is 10.9 Å². The first-order valence-corrected chi connectivity index (χ1v) is 10.3. The number of nitrogens with zero attached hydrogens (tertiary/aromatic N) is 2. The minimum atomic E-state index is 0.356. The number of aromatic nitrogens is 1. The molecule has 2 fully saturated rings. The lowest BCUT2D eigenvalue weighted by Crippen LogP contribution is -2.33. The minimum Gasteiger partial charge on any atom is -0.361 e. The van der Waals surface area contributed by atoms with E-state index in [2.05, 4.69) is 72.9 Å². The number of hydrogen-bond donors (Lipinski definition) is 2. The van der Waals surface area contributed by atoms with Gasteiger partial charge in [-0.3, -0.25) is 10.3 Å². The van der Waals surface area contributed by atoms with E-state index in [-0.39, 0.29) is 0 Å². The molecule has 0 saturated carbocycles. The molecule has 27 heavy (non-hydrogen) atoms. The van der Waals surface area contributed by atoms with Crippen LogP contribution in [0.1, 0.15) is 72.8 Å². The molecule has 0 amide bonds. The van der Waals surface area contributed by atoms with Gasteiger partial charge in [-0.15, -0.1) is 0 Å². The van der Waals surface area contributed by atoms with Crippen LogP contribution >= 0.6 is 0 Å². The molecule has 2 aliphatic rings. The molecular formula is C22H32N4O. The fourth-order valence-electron chi connectivity index (χ4n) is 4.43. The summed E-state index contributed by atoms with van der Waals surface area (Å²) in [6.07, 6.45) is 2.41. The van der Waals surface area contributed by atoms with Gasteiger partial charge < -0.3 is 4.52 Å². The van der Waals surface area contributed by atoms with E-state index in [1.54, 1.807) is 0 Å². The quantitative estimate of drug-likeness (QED) is 0.835. The molecule has 0 bridgehead atoms. The van der Waals surface area contributed by atoms with Crippen molar-refractivity contribution in [3.8, 4) is 0 Å². The third kappa shape index (κ3) is 3.82. The third-order valence-electron chi connectivity index (χ3n) is 6.27. The van der Waals surface area contributed by atoms with Crippen LogP contribution in [0.5, 0.6) is 0 Å². The lowest BCUT2D eigenvalue weighted by molar-refractivity contribution is 0.203. The molecule has 3 atom stereocenters. The highest BCUT2D eigenvalue weighted by Gasteiger charge is 2.35. The molecule has 1 aromatic carbocycles. The molecule has 2 aromatic rings. The van der Waals surface area contributed by atoms with Crippen molar-refractivity contribution in [3.63, 3.8) is 0 Å². The topological polar surface area (TPSA) is 53.3 Å². The maximum absolute atomic E-state index is 5.57.